The molecule has 9 heteroatoms. The van der Waals surface area contributed by atoms with E-state index in [0.717, 1.165) is 35.1 Å². The third-order valence-electron chi connectivity index (χ3n) is 5.61. The minimum Gasteiger partial charge on any atom is -0.342 e. The van der Waals surface area contributed by atoms with Crippen molar-refractivity contribution >= 4 is 5.82 Å². The Morgan fingerprint density at radius 1 is 1.10 bits per heavy atom. The second kappa shape index (κ2) is 7.26. The molecule has 0 radical (unpaired) electrons. The smallest absolute Gasteiger partial charge is 0.237 e. The Bertz CT molecular complexity index is 1240. The lowest BCUT2D eigenvalue weighted by Crippen LogP contribution is -2.40. The fourth-order valence-electron chi connectivity index (χ4n) is 4.25. The van der Waals surface area contributed by atoms with Gasteiger partial charge in [0.1, 0.15) is 23.2 Å². The summed E-state index contributed by atoms with van der Waals surface area (Å²) in [6, 6.07) is 6.52. The Morgan fingerprint density at radius 3 is 2.58 bits per heavy atom. The molecule has 3 aromatic heterocycles. The van der Waals surface area contributed by atoms with Crippen molar-refractivity contribution in [1.29, 1.82) is 0 Å². The maximum Gasteiger partial charge on any atom is 0.237 e. The highest BCUT2D eigenvalue weighted by Gasteiger charge is 2.36. The van der Waals surface area contributed by atoms with Crippen LogP contribution in [-0.2, 0) is 0 Å². The molecule has 158 valence electrons. The second-order valence-corrected chi connectivity index (χ2v) is 7.87. The number of benzene rings is 1. The number of rotatable bonds is 4. The van der Waals surface area contributed by atoms with Gasteiger partial charge in [0.05, 0.1) is 12.2 Å². The van der Waals surface area contributed by atoms with Gasteiger partial charge in [-0.3, -0.25) is 9.13 Å². The Hall–Kier alpha value is -3.62. The topological polar surface area (TPSA) is 77.5 Å². The number of anilines is 1. The molecule has 1 unspecified atom stereocenters. The molecule has 8 nitrogen and oxygen atoms in total. The Morgan fingerprint density at radius 2 is 1.87 bits per heavy atom. The molecule has 0 saturated heterocycles. The summed E-state index contributed by atoms with van der Waals surface area (Å²) in [6.07, 6.45) is 6.20. The van der Waals surface area contributed by atoms with Crippen molar-refractivity contribution in [3.8, 4) is 23.0 Å². The Labute approximate surface area is 179 Å². The van der Waals surface area contributed by atoms with Crippen molar-refractivity contribution in [3.63, 3.8) is 0 Å². The van der Waals surface area contributed by atoms with Crippen molar-refractivity contribution < 1.29 is 4.39 Å². The van der Waals surface area contributed by atoms with Crippen LogP contribution < -0.4 is 4.90 Å². The van der Waals surface area contributed by atoms with E-state index in [2.05, 4.69) is 45.8 Å². The molecule has 31 heavy (non-hydrogen) atoms. The van der Waals surface area contributed by atoms with Gasteiger partial charge in [-0.05, 0) is 51.5 Å². The zero-order valence-electron chi connectivity index (χ0n) is 17.9. The molecule has 0 fully saturated rings. The summed E-state index contributed by atoms with van der Waals surface area (Å²) in [5, 5.41) is 8.75. The van der Waals surface area contributed by atoms with E-state index >= 15 is 0 Å². The van der Waals surface area contributed by atoms with Gasteiger partial charge in [0.15, 0.2) is 11.6 Å². The van der Waals surface area contributed by atoms with Crippen LogP contribution in [0.4, 0.5) is 10.2 Å². The molecule has 5 rings (SSSR count). The summed E-state index contributed by atoms with van der Waals surface area (Å²) in [5.41, 5.74) is 1.65. The molecular formula is C22H23FN8. The highest BCUT2D eigenvalue weighted by molar-refractivity contribution is 5.64. The third kappa shape index (κ3) is 2.99. The monoisotopic (exact) mass is 418 g/mol. The molecule has 0 spiro atoms. The van der Waals surface area contributed by atoms with Crippen molar-refractivity contribution in [2.45, 2.75) is 46.2 Å². The standard InChI is InChI=1S/C22H23FN8/c1-5-17-21-28-27-14(4)31(21)18-12-25-22(26-20(18)30(17)13(2)3)29-11-10-24-19(29)15-6-8-16(23)9-7-15/h6-13,17H,5H2,1-4H3. The van der Waals surface area contributed by atoms with E-state index in [9.17, 15) is 4.39 Å². The molecule has 0 bridgehead atoms. The van der Waals surface area contributed by atoms with Gasteiger partial charge >= 0.3 is 0 Å². The predicted molar refractivity (Wildman–Crippen MR) is 115 cm³/mol. The van der Waals surface area contributed by atoms with E-state index in [1.807, 2.05) is 28.5 Å². The van der Waals surface area contributed by atoms with E-state index in [-0.39, 0.29) is 17.9 Å². The lowest BCUT2D eigenvalue weighted by Gasteiger charge is -2.39. The highest BCUT2D eigenvalue weighted by Crippen LogP contribution is 2.40. The molecular weight excluding hydrogens is 395 g/mol. The summed E-state index contributed by atoms with van der Waals surface area (Å²) in [7, 11) is 0. The number of hydrogen-bond donors (Lipinski definition) is 0. The first-order valence-electron chi connectivity index (χ1n) is 10.4. The molecule has 1 aliphatic rings. The van der Waals surface area contributed by atoms with E-state index < -0.39 is 0 Å². The van der Waals surface area contributed by atoms with Gasteiger partial charge in [0.25, 0.3) is 0 Å². The number of aromatic nitrogens is 7. The van der Waals surface area contributed by atoms with Crippen LogP contribution in [0.2, 0.25) is 0 Å². The van der Waals surface area contributed by atoms with Gasteiger partial charge in [-0.25, -0.2) is 14.4 Å². The summed E-state index contributed by atoms with van der Waals surface area (Å²) in [6.45, 7) is 8.38. The largest absolute Gasteiger partial charge is 0.342 e. The van der Waals surface area contributed by atoms with Gasteiger partial charge in [-0.15, -0.1) is 10.2 Å². The van der Waals surface area contributed by atoms with Crippen molar-refractivity contribution in [3.05, 3.63) is 60.3 Å². The molecule has 4 heterocycles. The maximum atomic E-state index is 13.4. The molecule has 0 saturated carbocycles. The van der Waals surface area contributed by atoms with Gasteiger partial charge in [-0.2, -0.15) is 4.98 Å². The number of fused-ring (bicyclic) bond motifs is 3. The van der Waals surface area contributed by atoms with Crippen LogP contribution in [0.15, 0.2) is 42.9 Å². The number of nitrogens with zero attached hydrogens (tertiary/aromatic N) is 8. The van der Waals surface area contributed by atoms with Crippen LogP contribution in [0, 0.1) is 12.7 Å². The lowest BCUT2D eigenvalue weighted by molar-refractivity contribution is 0.496. The minimum atomic E-state index is -0.287. The number of halogens is 1. The highest BCUT2D eigenvalue weighted by atomic mass is 19.1. The Kier molecular flexibility index (Phi) is 4.53. The summed E-state index contributed by atoms with van der Waals surface area (Å²) >= 11 is 0. The summed E-state index contributed by atoms with van der Waals surface area (Å²) < 4.78 is 17.3. The van der Waals surface area contributed by atoms with Crippen LogP contribution >= 0.6 is 0 Å². The quantitative estimate of drug-likeness (QED) is 0.498. The number of imidazole rings is 1. The van der Waals surface area contributed by atoms with Crippen molar-refractivity contribution in [1.82, 2.24) is 34.3 Å². The molecule has 1 aromatic carbocycles. The van der Waals surface area contributed by atoms with Crippen LogP contribution in [0.3, 0.4) is 0 Å². The predicted octanol–water partition coefficient (Wildman–Crippen LogP) is 4.04. The normalized spacial score (nSPS) is 15.3. The van der Waals surface area contributed by atoms with Gasteiger partial charge in [0.2, 0.25) is 5.95 Å². The maximum absolute atomic E-state index is 13.4. The third-order valence-corrected chi connectivity index (χ3v) is 5.61. The van der Waals surface area contributed by atoms with Gasteiger partial charge in [-0.1, -0.05) is 6.92 Å². The number of hydrogen-bond acceptors (Lipinski definition) is 6. The number of aryl methyl sites for hydroxylation is 1. The zero-order chi connectivity index (χ0) is 21.7. The summed E-state index contributed by atoms with van der Waals surface area (Å²) in [5.74, 6) is 3.42. The first-order valence-corrected chi connectivity index (χ1v) is 10.4. The van der Waals surface area contributed by atoms with Crippen LogP contribution in [0.1, 0.15) is 44.9 Å². The SMILES string of the molecule is CCC1c2nnc(C)n2-c2cnc(-n3ccnc3-c3ccc(F)cc3)nc2N1C(C)C. The average molecular weight is 418 g/mol. The van der Waals surface area contributed by atoms with Crippen molar-refractivity contribution in [2.24, 2.45) is 0 Å². The molecule has 0 aliphatic carbocycles. The van der Waals surface area contributed by atoms with Crippen LogP contribution in [-0.4, -0.2) is 40.3 Å². The molecule has 1 aliphatic heterocycles. The van der Waals surface area contributed by atoms with E-state index in [0.29, 0.717) is 11.8 Å². The zero-order valence-corrected chi connectivity index (χ0v) is 17.9. The molecule has 0 N–H and O–H groups in total. The van der Waals surface area contributed by atoms with E-state index in [1.165, 1.54) is 12.1 Å². The average Bonchev–Trinajstić information content (AvgIpc) is 3.40. The Balaban J connectivity index is 1.68. The fourth-order valence-corrected chi connectivity index (χ4v) is 4.25. The molecule has 1 atom stereocenters. The van der Waals surface area contributed by atoms with Crippen LogP contribution in [0.5, 0.6) is 0 Å². The van der Waals surface area contributed by atoms with Crippen molar-refractivity contribution in [2.75, 3.05) is 4.90 Å². The fraction of sp³-hybridized carbons (Fsp3) is 0.318. The summed E-state index contributed by atoms with van der Waals surface area (Å²) in [4.78, 5) is 16.3. The van der Waals surface area contributed by atoms with Gasteiger partial charge < -0.3 is 4.90 Å². The van der Waals surface area contributed by atoms with Gasteiger partial charge in [0, 0.05) is 24.0 Å². The first kappa shape index (κ1) is 19.3. The molecule has 0 amide bonds. The molecule has 4 aromatic rings. The van der Waals surface area contributed by atoms with Crippen LogP contribution in [0.25, 0.3) is 23.0 Å². The second-order valence-electron chi connectivity index (χ2n) is 7.87. The lowest BCUT2D eigenvalue weighted by atomic mass is 10.1. The van der Waals surface area contributed by atoms with E-state index in [1.54, 1.807) is 18.3 Å². The minimum absolute atomic E-state index is 0.0656. The van der Waals surface area contributed by atoms with E-state index in [4.69, 9.17) is 4.98 Å². The first-order chi connectivity index (χ1) is 15.0.